The molecule has 2 aromatic carbocycles. The van der Waals surface area contributed by atoms with Crippen LogP contribution in [0.1, 0.15) is 11.7 Å². The van der Waals surface area contributed by atoms with E-state index in [1.54, 1.807) is 6.20 Å². The first-order valence-corrected chi connectivity index (χ1v) is 8.43. The second-order valence-corrected chi connectivity index (χ2v) is 6.17. The Bertz CT molecular complexity index is 1060. The van der Waals surface area contributed by atoms with Crippen molar-refractivity contribution >= 4 is 34.1 Å². The lowest BCUT2D eigenvalue weighted by Gasteiger charge is -2.11. The number of amides is 2. The number of hydrogen-bond donors (Lipinski definition) is 3. The number of fused-ring (bicyclic) bond motifs is 1. The van der Waals surface area contributed by atoms with Gasteiger partial charge in [0, 0.05) is 42.3 Å². The Kier molecular flexibility index (Phi) is 5.37. The molecule has 0 saturated heterocycles. The molecule has 144 valence electrons. The van der Waals surface area contributed by atoms with Gasteiger partial charge in [-0.3, -0.25) is 19.7 Å². The predicted octanol–water partition coefficient (Wildman–Crippen LogP) is 1.87. The number of nitro groups is 1. The lowest BCUT2D eigenvalue weighted by Crippen LogP contribution is -2.37. The summed E-state index contributed by atoms with van der Waals surface area (Å²) in [4.78, 5) is 34.4. The molecule has 1 aromatic heterocycles. The van der Waals surface area contributed by atoms with E-state index in [9.17, 15) is 24.8 Å². The van der Waals surface area contributed by atoms with Gasteiger partial charge in [-0.2, -0.15) is 0 Å². The third-order valence-corrected chi connectivity index (χ3v) is 4.30. The number of benzene rings is 2. The first kappa shape index (κ1) is 19.1. The van der Waals surface area contributed by atoms with Gasteiger partial charge in [0.2, 0.25) is 0 Å². The van der Waals surface area contributed by atoms with E-state index in [1.165, 1.54) is 24.3 Å². The van der Waals surface area contributed by atoms with Crippen molar-refractivity contribution in [2.75, 3.05) is 11.9 Å². The Hall–Kier alpha value is -3.72. The maximum atomic E-state index is 12.0. The van der Waals surface area contributed by atoms with Crippen LogP contribution in [0.4, 0.5) is 11.4 Å². The van der Waals surface area contributed by atoms with Gasteiger partial charge < -0.3 is 20.3 Å². The van der Waals surface area contributed by atoms with Gasteiger partial charge in [0.1, 0.15) is 5.69 Å². The minimum Gasteiger partial charge on any atom is -0.386 e. The number of anilines is 1. The van der Waals surface area contributed by atoms with Crippen molar-refractivity contribution in [1.29, 1.82) is 0 Å². The topological polar surface area (TPSA) is 126 Å². The van der Waals surface area contributed by atoms with E-state index in [4.69, 9.17) is 0 Å². The van der Waals surface area contributed by atoms with Crippen LogP contribution in [0.2, 0.25) is 0 Å². The number of carbonyl (C=O) groups is 2. The van der Waals surface area contributed by atoms with E-state index in [-0.39, 0.29) is 17.9 Å². The zero-order chi connectivity index (χ0) is 20.3. The molecule has 0 spiro atoms. The molecule has 0 bridgehead atoms. The van der Waals surface area contributed by atoms with Crippen LogP contribution in [0.25, 0.3) is 10.9 Å². The number of nitrogens with one attached hydrogen (secondary N) is 2. The number of aliphatic hydroxyl groups excluding tert-OH is 1. The van der Waals surface area contributed by atoms with Gasteiger partial charge in [-0.25, -0.2) is 0 Å². The lowest BCUT2D eigenvalue weighted by molar-refractivity contribution is -0.383. The Labute approximate surface area is 159 Å². The standard InChI is InChI=1S/C19H18N4O5/c1-22-11-13(12-6-2-4-8-15(12)22)17(24)10-20-18(25)19(26)21-14-7-3-5-9-16(14)23(27)28/h2-9,11,17,24H,10H2,1H3,(H,20,25)(H,21,26). The monoisotopic (exact) mass is 382 g/mol. The molecular formula is C19H18N4O5. The third-order valence-electron chi connectivity index (χ3n) is 4.30. The Morgan fingerprint density at radius 2 is 1.82 bits per heavy atom. The van der Waals surface area contributed by atoms with Crippen LogP contribution >= 0.6 is 0 Å². The highest BCUT2D eigenvalue weighted by Gasteiger charge is 2.21. The molecule has 3 aromatic rings. The van der Waals surface area contributed by atoms with Crippen molar-refractivity contribution in [3.8, 4) is 0 Å². The van der Waals surface area contributed by atoms with Gasteiger partial charge in [-0.1, -0.05) is 30.3 Å². The highest BCUT2D eigenvalue weighted by molar-refractivity contribution is 6.39. The minimum atomic E-state index is -1.06. The summed E-state index contributed by atoms with van der Waals surface area (Å²) in [7, 11) is 1.84. The summed E-state index contributed by atoms with van der Waals surface area (Å²) in [5, 5.41) is 26.8. The SMILES string of the molecule is Cn1cc(C(O)CNC(=O)C(=O)Nc2ccccc2[N+](=O)[O-])c2ccccc21. The maximum Gasteiger partial charge on any atom is 0.313 e. The van der Waals surface area contributed by atoms with Gasteiger partial charge in [0.15, 0.2) is 0 Å². The zero-order valence-electron chi connectivity index (χ0n) is 15.0. The van der Waals surface area contributed by atoms with E-state index in [0.717, 1.165) is 10.9 Å². The molecule has 9 heteroatoms. The van der Waals surface area contributed by atoms with Crippen molar-refractivity contribution in [3.63, 3.8) is 0 Å². The van der Waals surface area contributed by atoms with Crippen molar-refractivity contribution in [2.24, 2.45) is 7.05 Å². The summed E-state index contributed by atoms with van der Waals surface area (Å²) in [6.07, 6.45) is 0.739. The summed E-state index contributed by atoms with van der Waals surface area (Å²) in [5.74, 6) is -2.06. The van der Waals surface area contributed by atoms with Gasteiger partial charge in [-0.15, -0.1) is 0 Å². The average molecular weight is 382 g/mol. The zero-order valence-corrected chi connectivity index (χ0v) is 15.0. The van der Waals surface area contributed by atoms with Crippen molar-refractivity contribution in [3.05, 3.63) is 70.4 Å². The fourth-order valence-electron chi connectivity index (χ4n) is 2.94. The number of aliphatic hydroxyl groups is 1. The second kappa shape index (κ2) is 7.89. The first-order chi connectivity index (χ1) is 13.4. The highest BCUT2D eigenvalue weighted by atomic mass is 16.6. The van der Waals surface area contributed by atoms with Crippen LogP contribution < -0.4 is 10.6 Å². The molecule has 0 aliphatic rings. The molecule has 9 nitrogen and oxygen atoms in total. The maximum absolute atomic E-state index is 12.0. The Morgan fingerprint density at radius 1 is 1.14 bits per heavy atom. The van der Waals surface area contributed by atoms with Gasteiger partial charge in [0.05, 0.1) is 11.0 Å². The fraction of sp³-hybridized carbons (Fsp3) is 0.158. The molecule has 3 N–H and O–H groups in total. The molecule has 2 amide bonds. The summed E-state index contributed by atoms with van der Waals surface area (Å²) in [6, 6.07) is 13.0. The number of carbonyl (C=O) groups excluding carboxylic acids is 2. The highest BCUT2D eigenvalue weighted by Crippen LogP contribution is 2.26. The summed E-state index contributed by atoms with van der Waals surface area (Å²) < 4.78 is 1.86. The van der Waals surface area contributed by atoms with Crippen molar-refractivity contribution < 1.29 is 19.6 Å². The normalized spacial score (nSPS) is 11.8. The minimum absolute atomic E-state index is 0.0812. The number of nitrogens with zero attached hydrogens (tertiary/aromatic N) is 2. The van der Waals surface area contributed by atoms with Crippen LogP contribution in [-0.2, 0) is 16.6 Å². The molecule has 0 aliphatic carbocycles. The molecule has 0 aliphatic heterocycles. The van der Waals surface area contributed by atoms with Crippen LogP contribution in [0.3, 0.4) is 0 Å². The number of hydrogen-bond acceptors (Lipinski definition) is 5. The number of aryl methyl sites for hydroxylation is 1. The molecule has 0 fully saturated rings. The number of rotatable bonds is 5. The van der Waals surface area contributed by atoms with Crippen molar-refractivity contribution in [2.45, 2.75) is 6.10 Å². The van der Waals surface area contributed by atoms with E-state index >= 15 is 0 Å². The molecule has 1 heterocycles. The fourth-order valence-corrected chi connectivity index (χ4v) is 2.94. The van der Waals surface area contributed by atoms with Crippen molar-refractivity contribution in [1.82, 2.24) is 9.88 Å². The number of para-hydroxylation sites is 3. The van der Waals surface area contributed by atoms with E-state index in [1.807, 2.05) is 35.9 Å². The van der Waals surface area contributed by atoms with Gasteiger partial charge >= 0.3 is 11.8 Å². The van der Waals surface area contributed by atoms with Crippen LogP contribution in [0.5, 0.6) is 0 Å². The van der Waals surface area contributed by atoms with Crippen LogP contribution in [-0.4, -0.2) is 33.0 Å². The smallest absolute Gasteiger partial charge is 0.313 e. The number of aromatic nitrogens is 1. The molecule has 0 radical (unpaired) electrons. The van der Waals surface area contributed by atoms with Crippen LogP contribution in [0.15, 0.2) is 54.7 Å². The second-order valence-electron chi connectivity index (χ2n) is 6.17. The summed E-state index contributed by atoms with van der Waals surface area (Å²) in [5.41, 5.74) is 1.15. The van der Waals surface area contributed by atoms with E-state index in [0.29, 0.717) is 5.56 Å². The molecular weight excluding hydrogens is 364 g/mol. The molecule has 0 saturated carbocycles. The van der Waals surface area contributed by atoms with E-state index in [2.05, 4.69) is 10.6 Å². The number of nitro benzene ring substituents is 1. The molecule has 1 atom stereocenters. The third kappa shape index (κ3) is 3.84. The predicted molar refractivity (Wildman–Crippen MR) is 103 cm³/mol. The van der Waals surface area contributed by atoms with Gasteiger partial charge in [0.25, 0.3) is 5.69 Å². The largest absolute Gasteiger partial charge is 0.386 e. The molecule has 3 rings (SSSR count). The average Bonchev–Trinajstić information content (AvgIpc) is 3.03. The van der Waals surface area contributed by atoms with Crippen LogP contribution in [0, 0.1) is 10.1 Å². The molecule has 28 heavy (non-hydrogen) atoms. The summed E-state index contributed by atoms with van der Waals surface area (Å²) in [6.45, 7) is -0.183. The quantitative estimate of drug-likeness (QED) is 0.353. The first-order valence-electron chi connectivity index (χ1n) is 8.43. The summed E-state index contributed by atoms with van der Waals surface area (Å²) >= 11 is 0. The molecule has 1 unspecified atom stereocenters. The Morgan fingerprint density at radius 3 is 2.57 bits per heavy atom. The van der Waals surface area contributed by atoms with Gasteiger partial charge in [-0.05, 0) is 12.1 Å². The Balaban J connectivity index is 1.65. The van der Waals surface area contributed by atoms with E-state index < -0.39 is 22.8 Å². The lowest BCUT2D eigenvalue weighted by atomic mass is 10.1.